The van der Waals surface area contributed by atoms with E-state index in [1.165, 1.54) is 13.0 Å². The van der Waals surface area contributed by atoms with E-state index in [2.05, 4.69) is 10.4 Å². The molecule has 0 aliphatic heterocycles. The first-order valence-electron chi connectivity index (χ1n) is 7.77. The zero-order valence-corrected chi connectivity index (χ0v) is 13.7. The van der Waals surface area contributed by atoms with Gasteiger partial charge in [0, 0.05) is 25.3 Å². The predicted molar refractivity (Wildman–Crippen MR) is 94.1 cm³/mol. The molecule has 0 aliphatic carbocycles. The highest BCUT2D eigenvalue weighted by Crippen LogP contribution is 2.11. The minimum Gasteiger partial charge on any atom is -0.456 e. The van der Waals surface area contributed by atoms with Gasteiger partial charge in [0.05, 0.1) is 6.54 Å². The lowest BCUT2D eigenvalue weighted by Gasteiger charge is -1.99. The molecule has 0 radical (unpaired) electrons. The van der Waals surface area contributed by atoms with Crippen molar-refractivity contribution in [1.82, 2.24) is 9.78 Å². The number of carbonyl (C=O) groups is 2. The van der Waals surface area contributed by atoms with Gasteiger partial charge in [-0.1, -0.05) is 30.3 Å². The number of rotatable bonds is 6. The average molecular weight is 335 g/mol. The van der Waals surface area contributed by atoms with Crippen molar-refractivity contribution in [3.8, 4) is 0 Å². The fraction of sp³-hybridized carbons (Fsp3) is 0.105. The van der Waals surface area contributed by atoms with Gasteiger partial charge in [0.1, 0.15) is 5.76 Å². The molecule has 2 aromatic heterocycles. The van der Waals surface area contributed by atoms with Crippen molar-refractivity contribution < 1.29 is 14.0 Å². The van der Waals surface area contributed by atoms with Gasteiger partial charge in [0.25, 0.3) is 0 Å². The van der Waals surface area contributed by atoms with Gasteiger partial charge in [-0.05, 0) is 23.8 Å². The Hall–Kier alpha value is -3.41. The van der Waals surface area contributed by atoms with E-state index < -0.39 is 0 Å². The summed E-state index contributed by atoms with van der Waals surface area (Å²) in [5.41, 5.74) is 0.947. The maximum Gasteiger partial charge on any atom is 0.249 e. The van der Waals surface area contributed by atoms with Crippen molar-refractivity contribution in [3.05, 3.63) is 77.9 Å². The Balaban J connectivity index is 1.58. The van der Waals surface area contributed by atoms with Crippen LogP contribution in [0.1, 0.15) is 28.8 Å². The lowest BCUT2D eigenvalue weighted by Crippen LogP contribution is -2.09. The molecule has 0 atom stereocenters. The molecule has 0 saturated carbocycles. The fourth-order valence-corrected chi connectivity index (χ4v) is 2.23. The monoisotopic (exact) mass is 335 g/mol. The molecule has 0 aliphatic rings. The largest absolute Gasteiger partial charge is 0.456 e. The third-order valence-corrected chi connectivity index (χ3v) is 3.45. The van der Waals surface area contributed by atoms with E-state index >= 15 is 0 Å². The van der Waals surface area contributed by atoms with E-state index in [1.807, 2.05) is 30.3 Å². The Morgan fingerprint density at radius 1 is 1.16 bits per heavy atom. The van der Waals surface area contributed by atoms with Crippen molar-refractivity contribution in [2.45, 2.75) is 13.5 Å². The van der Waals surface area contributed by atoms with Crippen LogP contribution >= 0.6 is 0 Å². The summed E-state index contributed by atoms with van der Waals surface area (Å²) in [6.45, 7) is 1.83. The van der Waals surface area contributed by atoms with Crippen LogP contribution in [0.4, 0.5) is 5.82 Å². The quantitative estimate of drug-likeness (QED) is 0.553. The van der Waals surface area contributed by atoms with Gasteiger partial charge in [-0.2, -0.15) is 5.10 Å². The third kappa shape index (κ3) is 4.54. The first-order chi connectivity index (χ1) is 12.1. The highest BCUT2D eigenvalue weighted by molar-refractivity contribution is 6.01. The minimum absolute atomic E-state index is 0.120. The van der Waals surface area contributed by atoms with E-state index in [4.69, 9.17) is 4.42 Å². The second-order valence-electron chi connectivity index (χ2n) is 5.45. The van der Waals surface area contributed by atoms with E-state index in [0.717, 1.165) is 5.56 Å². The summed E-state index contributed by atoms with van der Waals surface area (Å²) in [5.74, 6) is 1.01. The molecule has 3 aromatic rings. The van der Waals surface area contributed by atoms with Crippen LogP contribution in [0.25, 0.3) is 6.08 Å². The van der Waals surface area contributed by atoms with Crippen molar-refractivity contribution in [3.63, 3.8) is 0 Å². The highest BCUT2D eigenvalue weighted by Gasteiger charge is 2.08. The van der Waals surface area contributed by atoms with Gasteiger partial charge in [-0.3, -0.25) is 14.3 Å². The number of anilines is 1. The van der Waals surface area contributed by atoms with Crippen LogP contribution in [0.5, 0.6) is 0 Å². The van der Waals surface area contributed by atoms with Crippen LogP contribution in [0, 0.1) is 0 Å². The predicted octanol–water partition coefficient (Wildman–Crippen LogP) is 3.38. The van der Waals surface area contributed by atoms with Crippen molar-refractivity contribution in [2.75, 3.05) is 5.32 Å². The molecule has 25 heavy (non-hydrogen) atoms. The van der Waals surface area contributed by atoms with Gasteiger partial charge >= 0.3 is 0 Å². The Labute approximate surface area is 144 Å². The Bertz CT molecular complexity index is 907. The summed E-state index contributed by atoms with van der Waals surface area (Å²) >= 11 is 0. The molecule has 0 fully saturated rings. The van der Waals surface area contributed by atoms with Crippen molar-refractivity contribution in [1.29, 1.82) is 0 Å². The van der Waals surface area contributed by atoms with Gasteiger partial charge in [0.15, 0.2) is 17.4 Å². The van der Waals surface area contributed by atoms with Crippen LogP contribution in [0.15, 0.2) is 65.2 Å². The average Bonchev–Trinajstić information content (AvgIpc) is 3.24. The minimum atomic E-state index is -0.258. The second kappa shape index (κ2) is 7.44. The Morgan fingerprint density at radius 3 is 2.68 bits per heavy atom. The SMILES string of the molecule is CC(=O)c1ccc(Cn2ccc(NC(=O)/C=C/c3ccccc3)n2)o1. The first kappa shape index (κ1) is 16.4. The standard InChI is InChI=1S/C19H17N3O3/c1-14(23)17-9-8-16(25-17)13-22-12-11-18(21-22)20-19(24)10-7-15-5-3-2-4-6-15/h2-12H,13H2,1H3,(H,20,21,24)/b10-7+. The molecule has 126 valence electrons. The number of aromatic nitrogens is 2. The second-order valence-corrected chi connectivity index (χ2v) is 5.45. The molecule has 1 aromatic carbocycles. The number of benzene rings is 1. The Morgan fingerprint density at radius 2 is 1.96 bits per heavy atom. The van der Waals surface area contributed by atoms with Crippen LogP contribution in [0.2, 0.25) is 0 Å². The zero-order valence-electron chi connectivity index (χ0n) is 13.7. The fourth-order valence-electron chi connectivity index (χ4n) is 2.23. The lowest BCUT2D eigenvalue weighted by atomic mass is 10.2. The molecule has 6 nitrogen and oxygen atoms in total. The maximum atomic E-state index is 11.9. The normalized spacial score (nSPS) is 10.9. The number of carbonyl (C=O) groups excluding carboxylic acids is 2. The molecule has 3 rings (SSSR count). The summed E-state index contributed by atoms with van der Waals surface area (Å²) in [4.78, 5) is 23.2. The molecule has 2 heterocycles. The van der Waals surface area contributed by atoms with E-state index in [1.54, 1.807) is 35.2 Å². The first-order valence-corrected chi connectivity index (χ1v) is 7.77. The lowest BCUT2D eigenvalue weighted by molar-refractivity contribution is -0.111. The number of hydrogen-bond donors (Lipinski definition) is 1. The van der Waals surface area contributed by atoms with Crippen LogP contribution < -0.4 is 5.32 Å². The summed E-state index contributed by atoms with van der Waals surface area (Å²) in [5, 5.41) is 6.96. The van der Waals surface area contributed by atoms with Crippen LogP contribution in [-0.2, 0) is 11.3 Å². The molecular weight excluding hydrogens is 318 g/mol. The van der Waals surface area contributed by atoms with E-state index in [-0.39, 0.29) is 11.7 Å². The summed E-state index contributed by atoms with van der Waals surface area (Å²) in [6, 6.07) is 14.6. The maximum absolute atomic E-state index is 11.9. The van der Waals surface area contributed by atoms with Crippen molar-refractivity contribution >= 4 is 23.6 Å². The number of nitrogens with one attached hydrogen (secondary N) is 1. The highest BCUT2D eigenvalue weighted by atomic mass is 16.3. The smallest absolute Gasteiger partial charge is 0.249 e. The number of nitrogens with zero attached hydrogens (tertiary/aromatic N) is 2. The summed E-state index contributed by atoms with van der Waals surface area (Å²) in [6.07, 6.45) is 4.92. The number of furan rings is 1. The van der Waals surface area contributed by atoms with E-state index in [0.29, 0.717) is 23.9 Å². The third-order valence-electron chi connectivity index (χ3n) is 3.45. The van der Waals surface area contributed by atoms with Crippen molar-refractivity contribution in [2.24, 2.45) is 0 Å². The molecule has 1 amide bonds. The van der Waals surface area contributed by atoms with Crippen LogP contribution in [0.3, 0.4) is 0 Å². The van der Waals surface area contributed by atoms with Gasteiger partial charge < -0.3 is 9.73 Å². The number of ketones is 1. The molecule has 0 unspecified atom stereocenters. The molecule has 0 bridgehead atoms. The molecule has 0 spiro atoms. The van der Waals surface area contributed by atoms with Gasteiger partial charge in [-0.15, -0.1) is 0 Å². The number of amides is 1. The van der Waals surface area contributed by atoms with Gasteiger partial charge in [0.2, 0.25) is 5.91 Å². The molecule has 1 N–H and O–H groups in total. The molecule has 0 saturated heterocycles. The van der Waals surface area contributed by atoms with Crippen LogP contribution in [-0.4, -0.2) is 21.5 Å². The van der Waals surface area contributed by atoms with Gasteiger partial charge in [-0.25, -0.2) is 0 Å². The summed E-state index contributed by atoms with van der Waals surface area (Å²) < 4.78 is 7.04. The Kier molecular flexibility index (Phi) is 4.89. The summed E-state index contributed by atoms with van der Waals surface area (Å²) in [7, 11) is 0. The topological polar surface area (TPSA) is 77.1 Å². The van der Waals surface area contributed by atoms with E-state index in [9.17, 15) is 9.59 Å². The number of hydrogen-bond acceptors (Lipinski definition) is 4. The molecule has 6 heteroatoms. The number of Topliss-reactive ketones (excluding diaryl/α,β-unsaturated/α-hetero) is 1. The molecular formula is C19H17N3O3. The zero-order chi connectivity index (χ0) is 17.6.